The number of hydrogen-bond donors (Lipinski definition) is 1. The van der Waals surface area contributed by atoms with Gasteiger partial charge in [0, 0.05) is 18.5 Å². The third-order valence-corrected chi connectivity index (χ3v) is 4.23. The first-order valence-corrected chi connectivity index (χ1v) is 7.49. The van der Waals surface area contributed by atoms with E-state index in [2.05, 4.69) is 20.6 Å². The second kappa shape index (κ2) is 6.31. The minimum absolute atomic E-state index is 0.578. The molecule has 5 heteroatoms. The Morgan fingerprint density at radius 2 is 2.29 bits per heavy atom. The molecule has 0 aromatic carbocycles. The maximum atomic E-state index is 5.42. The molecule has 1 N–H and O–H groups in total. The van der Waals surface area contributed by atoms with E-state index < -0.39 is 0 Å². The van der Waals surface area contributed by atoms with Crippen molar-refractivity contribution >= 4 is 28.7 Å². The molecule has 0 amide bonds. The fourth-order valence-electron chi connectivity index (χ4n) is 2.16. The lowest BCUT2D eigenvalue weighted by Gasteiger charge is -2.28. The number of aromatic nitrogens is 1. The van der Waals surface area contributed by atoms with Gasteiger partial charge in [-0.2, -0.15) is 0 Å². The summed E-state index contributed by atoms with van der Waals surface area (Å²) < 4.78 is 0. The topological polar surface area (TPSA) is 28.2 Å². The van der Waals surface area contributed by atoms with Crippen LogP contribution in [0.5, 0.6) is 0 Å². The summed E-state index contributed by atoms with van der Waals surface area (Å²) in [5, 5.41) is 6.38. The molecule has 94 valence electrons. The van der Waals surface area contributed by atoms with Crippen LogP contribution < -0.4 is 5.32 Å². The van der Waals surface area contributed by atoms with E-state index in [-0.39, 0.29) is 0 Å². The lowest BCUT2D eigenvalue weighted by molar-refractivity contribution is 0.391. The van der Waals surface area contributed by atoms with Crippen molar-refractivity contribution < 1.29 is 0 Å². The molecule has 0 aliphatic heterocycles. The van der Waals surface area contributed by atoms with Gasteiger partial charge >= 0.3 is 0 Å². The van der Waals surface area contributed by atoms with Gasteiger partial charge in [-0.15, -0.1) is 11.3 Å². The van der Waals surface area contributed by atoms with Crippen LogP contribution in [0, 0.1) is 0 Å². The first-order valence-electron chi connectivity index (χ1n) is 6.14. The average Bonchev–Trinajstić information content (AvgIpc) is 2.83. The van der Waals surface area contributed by atoms with Crippen LogP contribution in [-0.2, 0) is 6.54 Å². The first-order chi connectivity index (χ1) is 8.25. The molecule has 0 bridgehead atoms. The molecule has 1 aliphatic rings. The van der Waals surface area contributed by atoms with Gasteiger partial charge < -0.3 is 10.2 Å². The van der Waals surface area contributed by atoms with Crippen molar-refractivity contribution in [2.24, 2.45) is 0 Å². The Balaban J connectivity index is 1.78. The SMILES string of the molecule is CN(Cc1cscn1)C(=S)NC1CCCCC1. The standard InChI is InChI=1S/C12H19N3S2/c1-15(7-11-8-17-9-13-11)12(16)14-10-5-3-2-4-6-10/h8-10H,2-7H2,1H3,(H,14,16). The highest BCUT2D eigenvalue weighted by molar-refractivity contribution is 7.80. The minimum atomic E-state index is 0.578. The van der Waals surface area contributed by atoms with E-state index in [9.17, 15) is 0 Å². The molecule has 2 rings (SSSR count). The van der Waals surface area contributed by atoms with Crippen molar-refractivity contribution in [3.8, 4) is 0 Å². The van der Waals surface area contributed by atoms with Crippen LogP contribution in [0.15, 0.2) is 10.9 Å². The summed E-state index contributed by atoms with van der Waals surface area (Å²) in [6, 6.07) is 0.578. The van der Waals surface area contributed by atoms with E-state index in [1.807, 2.05) is 12.6 Å². The number of rotatable bonds is 3. The van der Waals surface area contributed by atoms with E-state index >= 15 is 0 Å². The van der Waals surface area contributed by atoms with Crippen molar-refractivity contribution in [2.75, 3.05) is 7.05 Å². The summed E-state index contributed by atoms with van der Waals surface area (Å²) >= 11 is 7.05. The Bertz CT molecular complexity index is 345. The highest BCUT2D eigenvalue weighted by Gasteiger charge is 2.15. The van der Waals surface area contributed by atoms with Gasteiger partial charge in [-0.1, -0.05) is 19.3 Å². The van der Waals surface area contributed by atoms with E-state index in [0.29, 0.717) is 6.04 Å². The molecule has 0 radical (unpaired) electrons. The van der Waals surface area contributed by atoms with E-state index in [4.69, 9.17) is 12.2 Å². The average molecular weight is 269 g/mol. The third-order valence-electron chi connectivity index (χ3n) is 3.16. The van der Waals surface area contributed by atoms with Gasteiger partial charge in [-0.05, 0) is 25.1 Å². The van der Waals surface area contributed by atoms with Crippen molar-refractivity contribution in [3.63, 3.8) is 0 Å². The molecule has 0 spiro atoms. The van der Waals surface area contributed by atoms with Crippen molar-refractivity contribution in [1.82, 2.24) is 15.2 Å². The summed E-state index contributed by atoms with van der Waals surface area (Å²) in [6.45, 7) is 0.794. The van der Waals surface area contributed by atoms with Gasteiger partial charge in [-0.3, -0.25) is 0 Å². The molecule has 17 heavy (non-hydrogen) atoms. The second-order valence-corrected chi connectivity index (χ2v) is 5.73. The van der Waals surface area contributed by atoms with Crippen LogP contribution in [0.25, 0.3) is 0 Å². The van der Waals surface area contributed by atoms with Crippen molar-refractivity contribution in [2.45, 2.75) is 44.7 Å². The molecule has 1 aromatic rings. The molecule has 3 nitrogen and oxygen atoms in total. The van der Waals surface area contributed by atoms with Crippen LogP contribution in [0.2, 0.25) is 0 Å². The zero-order valence-electron chi connectivity index (χ0n) is 10.2. The first kappa shape index (κ1) is 12.8. The molecular formula is C12H19N3S2. The predicted molar refractivity (Wildman–Crippen MR) is 76.2 cm³/mol. The summed E-state index contributed by atoms with van der Waals surface area (Å²) in [5.41, 5.74) is 2.95. The quantitative estimate of drug-likeness (QED) is 0.854. The van der Waals surface area contributed by atoms with Gasteiger partial charge in [0.05, 0.1) is 17.7 Å². The molecule has 1 saturated carbocycles. The van der Waals surface area contributed by atoms with Crippen LogP contribution in [0.3, 0.4) is 0 Å². The smallest absolute Gasteiger partial charge is 0.169 e. The van der Waals surface area contributed by atoms with Crippen molar-refractivity contribution in [3.05, 3.63) is 16.6 Å². The summed E-state index contributed by atoms with van der Waals surface area (Å²) in [4.78, 5) is 6.34. The molecule has 0 unspecified atom stereocenters. The number of thiocarbonyl (C=S) groups is 1. The molecule has 1 heterocycles. The van der Waals surface area contributed by atoms with Gasteiger partial charge in [-0.25, -0.2) is 4.98 Å². The fourth-order valence-corrected chi connectivity index (χ4v) is 2.94. The molecule has 0 saturated heterocycles. The molecule has 1 aliphatic carbocycles. The zero-order chi connectivity index (χ0) is 12.1. The molecule has 1 fully saturated rings. The summed E-state index contributed by atoms with van der Waals surface area (Å²) in [7, 11) is 2.03. The van der Waals surface area contributed by atoms with Crippen LogP contribution >= 0.6 is 23.6 Å². The second-order valence-electron chi connectivity index (χ2n) is 4.62. The van der Waals surface area contributed by atoms with E-state index in [1.54, 1.807) is 11.3 Å². The van der Waals surface area contributed by atoms with Gasteiger partial charge in [0.25, 0.3) is 0 Å². The van der Waals surface area contributed by atoms with Crippen LogP contribution in [-0.4, -0.2) is 28.1 Å². The predicted octanol–water partition coefficient (Wildman–Crippen LogP) is 2.78. The Kier molecular flexibility index (Phi) is 4.74. The molecule has 1 aromatic heterocycles. The summed E-state index contributed by atoms with van der Waals surface area (Å²) in [6.07, 6.45) is 6.54. The number of hydrogen-bond acceptors (Lipinski definition) is 3. The van der Waals surface area contributed by atoms with Gasteiger partial charge in [0.1, 0.15) is 0 Å². The molecule has 0 atom stereocenters. The lowest BCUT2D eigenvalue weighted by Crippen LogP contribution is -2.43. The fraction of sp³-hybridized carbons (Fsp3) is 0.667. The van der Waals surface area contributed by atoms with E-state index in [1.165, 1.54) is 32.1 Å². The Morgan fingerprint density at radius 1 is 1.53 bits per heavy atom. The number of nitrogens with one attached hydrogen (secondary N) is 1. The highest BCUT2D eigenvalue weighted by atomic mass is 32.1. The van der Waals surface area contributed by atoms with Crippen LogP contribution in [0.4, 0.5) is 0 Å². The minimum Gasteiger partial charge on any atom is -0.360 e. The molecular weight excluding hydrogens is 250 g/mol. The number of nitrogens with zero attached hydrogens (tertiary/aromatic N) is 2. The highest BCUT2D eigenvalue weighted by Crippen LogP contribution is 2.17. The van der Waals surface area contributed by atoms with Crippen molar-refractivity contribution in [1.29, 1.82) is 0 Å². The Labute approximate surface area is 112 Å². The lowest BCUT2D eigenvalue weighted by atomic mass is 9.96. The Hall–Kier alpha value is -0.680. The normalized spacial score (nSPS) is 16.8. The monoisotopic (exact) mass is 269 g/mol. The van der Waals surface area contributed by atoms with Gasteiger partial charge in [0.2, 0.25) is 0 Å². The summed E-state index contributed by atoms with van der Waals surface area (Å²) in [5.74, 6) is 0. The number of thiazole rings is 1. The zero-order valence-corrected chi connectivity index (χ0v) is 11.8. The van der Waals surface area contributed by atoms with Gasteiger partial charge in [0.15, 0.2) is 5.11 Å². The maximum Gasteiger partial charge on any atom is 0.169 e. The maximum absolute atomic E-state index is 5.42. The van der Waals surface area contributed by atoms with E-state index in [0.717, 1.165) is 17.4 Å². The van der Waals surface area contributed by atoms with Crippen LogP contribution in [0.1, 0.15) is 37.8 Å². The third kappa shape index (κ3) is 3.92. The largest absolute Gasteiger partial charge is 0.360 e. The Morgan fingerprint density at radius 3 is 2.94 bits per heavy atom.